The third-order valence-electron chi connectivity index (χ3n) is 8.97. The van der Waals surface area contributed by atoms with E-state index in [1.54, 1.807) is 24.3 Å². The summed E-state index contributed by atoms with van der Waals surface area (Å²) in [4.78, 5) is 31.0. The molecule has 4 N–H and O–H groups in total. The number of aromatic hydroxyl groups is 2. The largest absolute Gasteiger partial charge is 0.493 e. The van der Waals surface area contributed by atoms with Crippen molar-refractivity contribution in [1.82, 2.24) is 19.6 Å². The molecule has 2 aromatic heterocycles. The van der Waals surface area contributed by atoms with Crippen molar-refractivity contribution in [2.45, 2.75) is 0 Å². The van der Waals surface area contributed by atoms with E-state index in [9.17, 15) is 38.8 Å². The number of hydrogen-bond donors (Lipinski definition) is 4. The quantitative estimate of drug-likeness (QED) is 0.0984. The Labute approximate surface area is 357 Å². The molecule has 6 aromatic carbocycles. The molecule has 8 rings (SSSR count). The SMILES string of the molecule is O=C(O)c1cccc(F)c1N=Cc1c(-c2ccccc2)nn(-c2ccccc2)c1O.O=C(O)c1cccc(F)c1N=Cc1c(-c2ccccc2)nn(-c2ccccc2)c1O.[Cr]. The Bertz CT molecular complexity index is 2680. The Kier molecular flexibility index (Phi) is 13.4. The van der Waals surface area contributed by atoms with Crippen LogP contribution < -0.4 is 0 Å². The second-order valence-corrected chi connectivity index (χ2v) is 12.8. The molecule has 0 amide bonds. The normalized spacial score (nSPS) is 10.9. The van der Waals surface area contributed by atoms with E-state index < -0.39 is 23.6 Å². The Morgan fingerprint density at radius 1 is 0.492 bits per heavy atom. The summed E-state index contributed by atoms with van der Waals surface area (Å²) < 4.78 is 31.2. The molecule has 8 aromatic rings. The van der Waals surface area contributed by atoms with Gasteiger partial charge in [-0.05, 0) is 48.5 Å². The van der Waals surface area contributed by atoms with Crippen LogP contribution in [0.5, 0.6) is 11.8 Å². The third kappa shape index (κ3) is 9.34. The van der Waals surface area contributed by atoms with Crippen LogP contribution in [-0.4, -0.2) is 64.4 Å². The van der Waals surface area contributed by atoms with Crippen LogP contribution in [0.2, 0.25) is 0 Å². The van der Waals surface area contributed by atoms with E-state index in [0.717, 1.165) is 23.3 Å². The molecular formula is C46H32CrF2N6O6. The molecule has 0 atom stereocenters. The van der Waals surface area contributed by atoms with Gasteiger partial charge in [-0.25, -0.2) is 27.7 Å². The number of hydrogen-bond acceptors (Lipinski definition) is 8. The average molecular weight is 855 g/mol. The van der Waals surface area contributed by atoms with Gasteiger partial charge in [0.05, 0.1) is 33.6 Å². The zero-order chi connectivity index (χ0) is 42.2. The van der Waals surface area contributed by atoms with Crippen LogP contribution in [0.1, 0.15) is 31.8 Å². The molecule has 0 aliphatic heterocycles. The summed E-state index contributed by atoms with van der Waals surface area (Å²) in [5.74, 6) is -4.54. The van der Waals surface area contributed by atoms with E-state index in [1.807, 2.05) is 97.1 Å². The molecular weight excluding hydrogens is 823 g/mol. The second-order valence-electron chi connectivity index (χ2n) is 12.8. The molecule has 0 saturated heterocycles. The molecule has 0 aliphatic carbocycles. The van der Waals surface area contributed by atoms with Crippen LogP contribution in [0, 0.1) is 11.6 Å². The Morgan fingerprint density at radius 3 is 1.15 bits per heavy atom. The van der Waals surface area contributed by atoms with Crippen molar-refractivity contribution in [3.63, 3.8) is 0 Å². The monoisotopic (exact) mass is 854 g/mol. The van der Waals surface area contributed by atoms with E-state index in [1.165, 1.54) is 46.1 Å². The van der Waals surface area contributed by atoms with E-state index in [-0.39, 0.29) is 62.7 Å². The van der Waals surface area contributed by atoms with Crippen molar-refractivity contribution in [3.05, 3.63) is 192 Å². The molecule has 0 bridgehead atoms. The van der Waals surface area contributed by atoms with Gasteiger partial charge in [0, 0.05) is 40.9 Å². The molecule has 0 spiro atoms. The van der Waals surface area contributed by atoms with Crippen molar-refractivity contribution in [3.8, 4) is 45.6 Å². The zero-order valence-electron chi connectivity index (χ0n) is 31.6. The maximum atomic E-state index is 14.2. The second kappa shape index (κ2) is 19.2. The van der Waals surface area contributed by atoms with Crippen molar-refractivity contribution < 1.29 is 56.2 Å². The number of aliphatic imine (C=N–C) groups is 2. The first-order valence-electron chi connectivity index (χ1n) is 18.1. The predicted molar refractivity (Wildman–Crippen MR) is 223 cm³/mol. The molecule has 302 valence electrons. The number of carboxylic acids is 2. The maximum absolute atomic E-state index is 14.2. The molecule has 0 aliphatic rings. The van der Waals surface area contributed by atoms with Gasteiger partial charge in [-0.15, -0.1) is 0 Å². The average Bonchev–Trinajstić information content (AvgIpc) is 3.79. The minimum atomic E-state index is -1.30. The van der Waals surface area contributed by atoms with Crippen LogP contribution in [-0.2, 0) is 17.4 Å². The molecule has 61 heavy (non-hydrogen) atoms. The third-order valence-corrected chi connectivity index (χ3v) is 8.97. The summed E-state index contributed by atoms with van der Waals surface area (Å²) in [6, 6.07) is 43.7. The van der Waals surface area contributed by atoms with Crippen molar-refractivity contribution >= 4 is 35.7 Å². The van der Waals surface area contributed by atoms with Crippen LogP contribution >= 0.6 is 0 Å². The Balaban J connectivity index is 0.000000201. The number of aromatic nitrogens is 4. The molecule has 2 heterocycles. The molecule has 0 saturated carbocycles. The predicted octanol–water partition coefficient (Wildman–Crippen LogP) is 9.66. The Hall–Kier alpha value is -7.99. The van der Waals surface area contributed by atoms with E-state index in [0.29, 0.717) is 22.8 Å². The van der Waals surface area contributed by atoms with Crippen LogP contribution in [0.3, 0.4) is 0 Å². The maximum Gasteiger partial charge on any atom is 0.338 e. The van der Waals surface area contributed by atoms with Crippen molar-refractivity contribution in [1.29, 1.82) is 0 Å². The number of rotatable bonds is 10. The van der Waals surface area contributed by atoms with Gasteiger partial charge in [-0.3, -0.25) is 9.98 Å². The number of benzene rings is 6. The summed E-state index contributed by atoms with van der Waals surface area (Å²) >= 11 is 0. The van der Waals surface area contributed by atoms with E-state index >= 15 is 0 Å². The number of carbonyl (C=O) groups is 2. The summed E-state index contributed by atoms with van der Waals surface area (Å²) in [5.41, 5.74) is 2.83. The fraction of sp³-hybridized carbons (Fsp3) is 0. The molecule has 0 fully saturated rings. The first-order chi connectivity index (χ1) is 29.1. The van der Waals surface area contributed by atoms with Crippen LogP contribution in [0.15, 0.2) is 168 Å². The topological polar surface area (TPSA) is 175 Å². The molecule has 0 unspecified atom stereocenters. The number of carboxylic acid groups (broad SMARTS) is 2. The van der Waals surface area contributed by atoms with Gasteiger partial charge < -0.3 is 20.4 Å². The minimum Gasteiger partial charge on any atom is -0.493 e. The summed E-state index contributed by atoms with van der Waals surface area (Å²) in [6.45, 7) is 0. The fourth-order valence-electron chi connectivity index (χ4n) is 6.09. The summed E-state index contributed by atoms with van der Waals surface area (Å²) in [6.07, 6.45) is 2.46. The first-order valence-corrected chi connectivity index (χ1v) is 18.1. The number of halogens is 2. The van der Waals surface area contributed by atoms with Gasteiger partial charge in [-0.2, -0.15) is 10.2 Å². The fourth-order valence-corrected chi connectivity index (χ4v) is 6.09. The van der Waals surface area contributed by atoms with Gasteiger partial charge >= 0.3 is 11.9 Å². The van der Waals surface area contributed by atoms with Gasteiger partial charge in [0.2, 0.25) is 11.8 Å². The molecule has 12 nitrogen and oxygen atoms in total. The minimum absolute atomic E-state index is 0. The van der Waals surface area contributed by atoms with E-state index in [4.69, 9.17) is 0 Å². The number of para-hydroxylation sites is 4. The Morgan fingerprint density at radius 2 is 0.820 bits per heavy atom. The van der Waals surface area contributed by atoms with Crippen LogP contribution in [0.25, 0.3) is 33.9 Å². The number of aromatic carboxylic acids is 2. The van der Waals surface area contributed by atoms with Crippen molar-refractivity contribution in [2.75, 3.05) is 0 Å². The summed E-state index contributed by atoms with van der Waals surface area (Å²) in [7, 11) is 0. The summed E-state index contributed by atoms with van der Waals surface area (Å²) in [5, 5.41) is 49.4. The number of nitrogens with zero attached hydrogens (tertiary/aromatic N) is 6. The van der Waals surface area contributed by atoms with Crippen LogP contribution in [0.4, 0.5) is 20.2 Å². The standard InChI is InChI=1S/2C23H16FN3O3.Cr/c2*24-19-13-7-12-17(23(29)30)21(19)25-14-18-20(15-8-3-1-4-9-15)26-27(22(18)28)16-10-5-2-6-11-16;/h2*1-14,28H,(H,29,30);. The molecule has 15 heteroatoms. The zero-order valence-corrected chi connectivity index (χ0v) is 32.9. The first kappa shape index (κ1) is 42.6. The van der Waals surface area contributed by atoms with E-state index in [2.05, 4.69) is 20.2 Å². The van der Waals surface area contributed by atoms with Gasteiger partial charge in [0.15, 0.2) is 0 Å². The van der Waals surface area contributed by atoms with Crippen molar-refractivity contribution in [2.24, 2.45) is 9.98 Å². The molecule has 0 radical (unpaired) electrons. The van der Waals surface area contributed by atoms with Gasteiger partial charge in [0.1, 0.15) is 34.4 Å². The van der Waals surface area contributed by atoms with Gasteiger partial charge in [0.25, 0.3) is 0 Å². The smallest absolute Gasteiger partial charge is 0.338 e. The van der Waals surface area contributed by atoms with Gasteiger partial charge in [-0.1, -0.05) is 109 Å².